The second-order valence-electron chi connectivity index (χ2n) is 2.01. The van der Waals surface area contributed by atoms with E-state index in [4.69, 9.17) is 5.73 Å². The van der Waals surface area contributed by atoms with Crippen molar-refractivity contribution in [3.8, 4) is 0 Å². The van der Waals surface area contributed by atoms with Crippen molar-refractivity contribution in [3.05, 3.63) is 11.4 Å². The Labute approximate surface area is 66.9 Å². The highest BCUT2D eigenvalue weighted by atomic mass is 15.0. The van der Waals surface area contributed by atoms with Crippen molar-refractivity contribution in [2.75, 3.05) is 14.1 Å². The van der Waals surface area contributed by atoms with E-state index >= 15 is 0 Å². The fourth-order valence-electron chi connectivity index (χ4n) is 0.722. The minimum absolute atomic E-state index is 0.606. The molecule has 0 saturated carbocycles. The maximum absolute atomic E-state index is 5.52. The topological polar surface area (TPSA) is 62.8 Å². The lowest BCUT2D eigenvalue weighted by atomic mass is 10.3. The highest BCUT2D eigenvalue weighted by molar-refractivity contribution is 5.98. The van der Waals surface area contributed by atoms with Crippen molar-refractivity contribution in [2.24, 2.45) is 15.7 Å². The number of nitrogens with two attached hydrogens (primary N) is 1. The molecule has 0 bridgehead atoms. The molecule has 62 valence electrons. The Hall–Kier alpha value is -1.32. The zero-order valence-electron chi connectivity index (χ0n) is 7.18. The second-order valence-corrected chi connectivity index (χ2v) is 2.01. The standard InChI is InChI=1S/C7H14N4/c1-5(8)6(9-2)7(10-3)11-4/h2,8H2,1,3-4H3,(H,10,11)/b6-5-. The van der Waals surface area contributed by atoms with Crippen molar-refractivity contribution < 1.29 is 0 Å². The number of likely N-dealkylation sites (N-methyl/N-ethyl adjacent to an activating group) is 1. The monoisotopic (exact) mass is 154 g/mol. The third kappa shape index (κ3) is 2.41. The largest absolute Gasteiger partial charge is 0.400 e. The Morgan fingerprint density at radius 1 is 1.55 bits per heavy atom. The van der Waals surface area contributed by atoms with Crippen LogP contribution in [0.1, 0.15) is 6.92 Å². The summed E-state index contributed by atoms with van der Waals surface area (Å²) in [6.07, 6.45) is 0. The molecule has 0 aromatic heterocycles. The average Bonchev–Trinajstić information content (AvgIpc) is 1.99. The van der Waals surface area contributed by atoms with E-state index in [0.717, 1.165) is 0 Å². The van der Waals surface area contributed by atoms with Gasteiger partial charge in [0.05, 0.1) is 0 Å². The Morgan fingerprint density at radius 2 is 2.09 bits per heavy atom. The zero-order chi connectivity index (χ0) is 8.85. The van der Waals surface area contributed by atoms with E-state index in [0.29, 0.717) is 17.2 Å². The molecule has 3 N–H and O–H groups in total. The minimum atomic E-state index is 0.606. The van der Waals surface area contributed by atoms with E-state index in [1.54, 1.807) is 21.0 Å². The van der Waals surface area contributed by atoms with E-state index in [1.165, 1.54) is 0 Å². The van der Waals surface area contributed by atoms with Gasteiger partial charge >= 0.3 is 0 Å². The van der Waals surface area contributed by atoms with Crippen LogP contribution in [0.2, 0.25) is 0 Å². The smallest absolute Gasteiger partial charge is 0.148 e. The third-order valence-electron chi connectivity index (χ3n) is 1.22. The van der Waals surface area contributed by atoms with Crippen LogP contribution in [0.15, 0.2) is 21.4 Å². The van der Waals surface area contributed by atoms with Gasteiger partial charge in [-0.2, -0.15) is 0 Å². The van der Waals surface area contributed by atoms with Gasteiger partial charge in [-0.25, -0.2) is 0 Å². The van der Waals surface area contributed by atoms with Gasteiger partial charge in [0.15, 0.2) is 0 Å². The van der Waals surface area contributed by atoms with Crippen LogP contribution in [0.4, 0.5) is 0 Å². The van der Waals surface area contributed by atoms with Crippen LogP contribution in [0.5, 0.6) is 0 Å². The number of nitrogens with one attached hydrogen (secondary N) is 1. The van der Waals surface area contributed by atoms with Crippen LogP contribution in [0.3, 0.4) is 0 Å². The summed E-state index contributed by atoms with van der Waals surface area (Å²) in [5, 5.41) is 2.86. The Balaban J connectivity index is 4.79. The van der Waals surface area contributed by atoms with E-state index in [1.807, 2.05) is 0 Å². The van der Waals surface area contributed by atoms with Crippen LogP contribution in [0.25, 0.3) is 0 Å². The van der Waals surface area contributed by atoms with Crippen molar-refractivity contribution >= 4 is 12.6 Å². The maximum atomic E-state index is 5.52. The van der Waals surface area contributed by atoms with E-state index in [2.05, 4.69) is 22.0 Å². The molecule has 0 heterocycles. The predicted octanol–water partition coefficient (Wildman–Crippen LogP) is 0.125. The first-order valence-corrected chi connectivity index (χ1v) is 3.25. The molecule has 0 aliphatic carbocycles. The molecule has 0 unspecified atom stereocenters. The number of hydrogen-bond acceptors (Lipinski definition) is 3. The first kappa shape index (κ1) is 9.68. The van der Waals surface area contributed by atoms with Crippen molar-refractivity contribution in [1.82, 2.24) is 5.32 Å². The first-order chi connectivity index (χ1) is 5.17. The lowest BCUT2D eigenvalue weighted by molar-refractivity contribution is 1.11. The molecule has 0 spiro atoms. The Bertz CT molecular complexity index is 198. The summed E-state index contributed by atoms with van der Waals surface area (Å²) in [4.78, 5) is 7.67. The van der Waals surface area contributed by atoms with E-state index in [-0.39, 0.29) is 0 Å². The molecule has 4 heteroatoms. The van der Waals surface area contributed by atoms with E-state index in [9.17, 15) is 0 Å². The molecule has 0 aromatic rings. The molecule has 11 heavy (non-hydrogen) atoms. The van der Waals surface area contributed by atoms with Crippen molar-refractivity contribution in [2.45, 2.75) is 6.92 Å². The molecule has 4 nitrogen and oxygen atoms in total. The summed E-state index contributed by atoms with van der Waals surface area (Å²) < 4.78 is 0. The fraction of sp³-hybridized carbons (Fsp3) is 0.429. The molecule has 0 radical (unpaired) electrons. The van der Waals surface area contributed by atoms with Gasteiger partial charge in [0.2, 0.25) is 0 Å². The van der Waals surface area contributed by atoms with Crippen molar-refractivity contribution in [1.29, 1.82) is 0 Å². The summed E-state index contributed by atoms with van der Waals surface area (Å²) >= 11 is 0. The Morgan fingerprint density at radius 3 is 2.18 bits per heavy atom. The fourth-order valence-corrected chi connectivity index (χ4v) is 0.722. The highest BCUT2D eigenvalue weighted by Crippen LogP contribution is 2.00. The van der Waals surface area contributed by atoms with Gasteiger partial charge in [0.1, 0.15) is 11.5 Å². The highest BCUT2D eigenvalue weighted by Gasteiger charge is 2.02. The van der Waals surface area contributed by atoms with Gasteiger partial charge in [0, 0.05) is 19.8 Å². The molecular weight excluding hydrogens is 140 g/mol. The van der Waals surface area contributed by atoms with Gasteiger partial charge < -0.3 is 11.1 Å². The van der Waals surface area contributed by atoms with Gasteiger partial charge in [0.25, 0.3) is 0 Å². The van der Waals surface area contributed by atoms with Crippen LogP contribution < -0.4 is 11.1 Å². The molecule has 0 amide bonds. The minimum Gasteiger partial charge on any atom is -0.400 e. The van der Waals surface area contributed by atoms with Crippen molar-refractivity contribution in [3.63, 3.8) is 0 Å². The lowest BCUT2D eigenvalue weighted by Crippen LogP contribution is -2.22. The molecule has 0 aliphatic heterocycles. The summed E-state index contributed by atoms with van der Waals surface area (Å²) in [6.45, 7) is 5.15. The molecule has 0 fully saturated rings. The summed E-state index contributed by atoms with van der Waals surface area (Å²) in [7, 11) is 3.43. The van der Waals surface area contributed by atoms with Crippen LogP contribution >= 0.6 is 0 Å². The second kappa shape index (κ2) is 4.49. The molecule has 0 atom stereocenters. The summed E-state index contributed by atoms with van der Waals surface area (Å²) in [5.41, 5.74) is 6.74. The van der Waals surface area contributed by atoms with Gasteiger partial charge in [-0.3, -0.25) is 9.98 Å². The molecular formula is C7H14N4. The number of aliphatic imine (C=N–C) groups is 2. The number of allylic oxidation sites excluding steroid dienone is 1. The van der Waals surface area contributed by atoms with Gasteiger partial charge in [-0.15, -0.1) is 0 Å². The lowest BCUT2D eigenvalue weighted by Gasteiger charge is -2.05. The molecule has 0 aromatic carbocycles. The first-order valence-electron chi connectivity index (χ1n) is 3.25. The summed E-state index contributed by atoms with van der Waals surface area (Å²) in [5.74, 6) is 0.653. The van der Waals surface area contributed by atoms with E-state index < -0.39 is 0 Å². The molecule has 0 saturated heterocycles. The number of rotatable bonds is 2. The molecule has 0 aliphatic rings. The average molecular weight is 154 g/mol. The zero-order valence-corrected chi connectivity index (χ0v) is 7.18. The van der Waals surface area contributed by atoms with Crippen LogP contribution in [0, 0.1) is 0 Å². The maximum Gasteiger partial charge on any atom is 0.148 e. The number of nitrogens with zero attached hydrogens (tertiary/aromatic N) is 2. The number of amidine groups is 1. The van der Waals surface area contributed by atoms with Gasteiger partial charge in [-0.05, 0) is 13.6 Å². The SMILES string of the molecule is C=N/C(C(=NC)NC)=C(/C)N. The normalized spacial score (nSPS) is 13.9. The quantitative estimate of drug-likeness (QED) is 0.438. The number of hydrogen-bond donors (Lipinski definition) is 2. The summed E-state index contributed by atoms with van der Waals surface area (Å²) in [6, 6.07) is 0. The van der Waals surface area contributed by atoms with Crippen LogP contribution in [-0.4, -0.2) is 26.6 Å². The van der Waals surface area contributed by atoms with Gasteiger partial charge in [-0.1, -0.05) is 0 Å². The molecule has 0 rings (SSSR count). The van der Waals surface area contributed by atoms with Crippen LogP contribution in [-0.2, 0) is 0 Å². The Kier molecular flexibility index (Phi) is 3.95. The third-order valence-corrected chi connectivity index (χ3v) is 1.22. The predicted molar refractivity (Wildman–Crippen MR) is 48.9 cm³/mol.